The van der Waals surface area contributed by atoms with E-state index in [0.717, 1.165) is 0 Å². The quantitative estimate of drug-likeness (QED) is 0.697. The third-order valence-electron chi connectivity index (χ3n) is 2.45. The van der Waals surface area contributed by atoms with Crippen molar-refractivity contribution in [1.29, 1.82) is 0 Å². The van der Waals surface area contributed by atoms with Crippen LogP contribution < -0.4 is 5.56 Å². The maximum atomic E-state index is 11.5. The lowest BCUT2D eigenvalue weighted by Crippen LogP contribution is -2.18. The Kier molecular flexibility index (Phi) is 2.53. The molecule has 0 atom stereocenters. The molecule has 0 saturated heterocycles. The van der Waals surface area contributed by atoms with Crippen LogP contribution in [0.2, 0.25) is 0 Å². The molecule has 0 unspecified atom stereocenters. The largest absolute Gasteiger partial charge is 0.472 e. The van der Waals surface area contributed by atoms with E-state index in [0.29, 0.717) is 17.3 Å². The lowest BCUT2D eigenvalue weighted by atomic mass is 10.3. The first-order valence-corrected chi connectivity index (χ1v) is 5.33. The van der Waals surface area contributed by atoms with Crippen LogP contribution in [0.15, 0.2) is 56.7 Å². The smallest absolute Gasteiger partial charge is 0.261 e. The topological polar surface area (TPSA) is 74.1 Å². The summed E-state index contributed by atoms with van der Waals surface area (Å²) < 4.78 is 11.5. The van der Waals surface area contributed by atoms with Crippen LogP contribution in [0.3, 0.4) is 0 Å². The number of pyridine rings is 1. The highest BCUT2D eigenvalue weighted by molar-refractivity contribution is 5.49. The summed E-state index contributed by atoms with van der Waals surface area (Å²) in [4.78, 5) is 15.7. The number of aromatic nitrogens is 3. The molecule has 3 heterocycles. The number of rotatable bonds is 3. The molecule has 0 aliphatic rings. The van der Waals surface area contributed by atoms with E-state index in [1.807, 2.05) is 0 Å². The van der Waals surface area contributed by atoms with Crippen LogP contribution >= 0.6 is 0 Å². The predicted octanol–water partition coefficient (Wildman–Crippen LogP) is 1.54. The zero-order valence-corrected chi connectivity index (χ0v) is 9.31. The minimum Gasteiger partial charge on any atom is -0.472 e. The van der Waals surface area contributed by atoms with Gasteiger partial charge < -0.3 is 13.5 Å². The van der Waals surface area contributed by atoms with E-state index in [1.165, 1.54) is 23.2 Å². The van der Waals surface area contributed by atoms with Crippen molar-refractivity contribution in [2.45, 2.75) is 6.54 Å². The van der Waals surface area contributed by atoms with Crippen LogP contribution in [0.1, 0.15) is 5.82 Å². The third kappa shape index (κ3) is 1.95. The molecule has 90 valence electrons. The van der Waals surface area contributed by atoms with Gasteiger partial charge >= 0.3 is 0 Å². The molecule has 0 amide bonds. The molecule has 0 radical (unpaired) electrons. The molecular formula is C12H9N3O3. The summed E-state index contributed by atoms with van der Waals surface area (Å²) in [7, 11) is 0. The highest BCUT2D eigenvalue weighted by Crippen LogP contribution is 2.16. The normalized spacial score (nSPS) is 10.7. The van der Waals surface area contributed by atoms with Crippen molar-refractivity contribution in [3.63, 3.8) is 0 Å². The highest BCUT2D eigenvalue weighted by atomic mass is 16.5. The van der Waals surface area contributed by atoms with Crippen molar-refractivity contribution < 1.29 is 8.94 Å². The van der Waals surface area contributed by atoms with Crippen molar-refractivity contribution in [1.82, 2.24) is 14.7 Å². The van der Waals surface area contributed by atoms with E-state index >= 15 is 0 Å². The van der Waals surface area contributed by atoms with Crippen molar-refractivity contribution in [2.24, 2.45) is 0 Å². The molecule has 0 fully saturated rings. The monoisotopic (exact) mass is 243 g/mol. The van der Waals surface area contributed by atoms with Gasteiger partial charge in [-0.25, -0.2) is 0 Å². The Morgan fingerprint density at radius 2 is 2.22 bits per heavy atom. The number of nitrogens with zero attached hydrogens (tertiary/aromatic N) is 3. The van der Waals surface area contributed by atoms with Gasteiger partial charge in [-0.15, -0.1) is 0 Å². The second-order valence-electron chi connectivity index (χ2n) is 3.69. The van der Waals surface area contributed by atoms with Gasteiger partial charge in [-0.1, -0.05) is 11.2 Å². The molecule has 3 rings (SSSR count). The Bertz CT molecular complexity index is 697. The first kappa shape index (κ1) is 10.5. The van der Waals surface area contributed by atoms with Crippen LogP contribution in [0.5, 0.6) is 0 Å². The van der Waals surface area contributed by atoms with Gasteiger partial charge in [0.25, 0.3) is 11.4 Å². The van der Waals surface area contributed by atoms with Gasteiger partial charge in [0.05, 0.1) is 18.4 Å². The lowest BCUT2D eigenvalue weighted by molar-refractivity contribution is 0.419. The molecule has 0 bridgehead atoms. The molecule has 0 spiro atoms. The fourth-order valence-electron chi connectivity index (χ4n) is 1.57. The highest BCUT2D eigenvalue weighted by Gasteiger charge is 2.10. The van der Waals surface area contributed by atoms with Gasteiger partial charge in [-0.3, -0.25) is 4.79 Å². The molecule has 0 N–H and O–H groups in total. The lowest BCUT2D eigenvalue weighted by Gasteiger charge is -1.98. The molecular weight excluding hydrogens is 234 g/mol. The van der Waals surface area contributed by atoms with Crippen molar-refractivity contribution >= 4 is 0 Å². The van der Waals surface area contributed by atoms with Gasteiger partial charge in [0, 0.05) is 12.3 Å². The van der Waals surface area contributed by atoms with Crippen molar-refractivity contribution in [3.8, 4) is 11.5 Å². The second-order valence-corrected chi connectivity index (χ2v) is 3.69. The Hall–Kier alpha value is -2.63. The van der Waals surface area contributed by atoms with Gasteiger partial charge in [0.15, 0.2) is 5.82 Å². The van der Waals surface area contributed by atoms with E-state index in [1.54, 1.807) is 24.4 Å². The van der Waals surface area contributed by atoms with Crippen LogP contribution in [0.25, 0.3) is 11.5 Å². The average molecular weight is 243 g/mol. The summed E-state index contributed by atoms with van der Waals surface area (Å²) >= 11 is 0. The number of hydrogen-bond donors (Lipinski definition) is 0. The summed E-state index contributed by atoms with van der Waals surface area (Å²) in [6.45, 7) is 0.279. The van der Waals surface area contributed by atoms with Crippen LogP contribution in [-0.2, 0) is 6.54 Å². The van der Waals surface area contributed by atoms with Crippen molar-refractivity contribution in [3.05, 3.63) is 59.2 Å². The van der Waals surface area contributed by atoms with Gasteiger partial charge in [-0.05, 0) is 12.1 Å². The first-order chi connectivity index (χ1) is 8.83. The average Bonchev–Trinajstić information content (AvgIpc) is 3.02. The minimum atomic E-state index is -0.104. The van der Waals surface area contributed by atoms with Gasteiger partial charge in [0.2, 0.25) is 0 Å². The Morgan fingerprint density at radius 1 is 1.28 bits per heavy atom. The first-order valence-electron chi connectivity index (χ1n) is 5.33. The Morgan fingerprint density at radius 3 is 3.00 bits per heavy atom. The number of hydrogen-bond acceptors (Lipinski definition) is 5. The standard InChI is InChI=1S/C12H9N3O3/c16-11-3-1-2-5-15(11)7-10-13-12(18-14-10)9-4-6-17-8-9/h1-6,8H,7H2. The Labute approximate surface area is 101 Å². The van der Waals surface area contributed by atoms with Gasteiger partial charge in [-0.2, -0.15) is 4.98 Å². The van der Waals surface area contributed by atoms with E-state index < -0.39 is 0 Å². The van der Waals surface area contributed by atoms with E-state index in [-0.39, 0.29) is 12.1 Å². The van der Waals surface area contributed by atoms with E-state index in [4.69, 9.17) is 8.94 Å². The van der Waals surface area contributed by atoms with E-state index in [2.05, 4.69) is 10.1 Å². The maximum absolute atomic E-state index is 11.5. The summed E-state index contributed by atoms with van der Waals surface area (Å²) in [6.07, 6.45) is 4.73. The number of furan rings is 1. The van der Waals surface area contributed by atoms with Crippen molar-refractivity contribution in [2.75, 3.05) is 0 Å². The molecule has 0 saturated carbocycles. The summed E-state index contributed by atoms with van der Waals surface area (Å²) in [5, 5.41) is 3.82. The molecule has 6 heteroatoms. The summed E-state index contributed by atoms with van der Waals surface area (Å²) in [5.41, 5.74) is 0.612. The SMILES string of the molecule is O=c1ccccn1Cc1noc(-c2ccoc2)n1. The fourth-order valence-corrected chi connectivity index (χ4v) is 1.57. The van der Waals surface area contributed by atoms with Crippen LogP contribution in [0.4, 0.5) is 0 Å². The van der Waals surface area contributed by atoms with Gasteiger partial charge in [0.1, 0.15) is 6.26 Å². The predicted molar refractivity (Wildman–Crippen MR) is 61.8 cm³/mol. The fraction of sp³-hybridized carbons (Fsp3) is 0.0833. The molecule has 18 heavy (non-hydrogen) atoms. The zero-order valence-electron chi connectivity index (χ0n) is 9.31. The second kappa shape index (κ2) is 4.33. The Balaban J connectivity index is 1.87. The van der Waals surface area contributed by atoms with E-state index in [9.17, 15) is 4.79 Å². The molecule has 3 aromatic rings. The summed E-state index contributed by atoms with van der Waals surface area (Å²) in [5.74, 6) is 0.822. The maximum Gasteiger partial charge on any atom is 0.261 e. The summed E-state index contributed by atoms with van der Waals surface area (Å²) in [6, 6.07) is 6.67. The minimum absolute atomic E-state index is 0.104. The molecule has 0 aromatic carbocycles. The zero-order chi connectivity index (χ0) is 12.4. The molecule has 6 nitrogen and oxygen atoms in total. The molecule has 3 aromatic heterocycles. The third-order valence-corrected chi connectivity index (χ3v) is 2.45. The van der Waals surface area contributed by atoms with Crippen LogP contribution in [-0.4, -0.2) is 14.7 Å². The molecule has 0 aliphatic carbocycles. The van der Waals surface area contributed by atoms with Crippen LogP contribution in [0, 0.1) is 0 Å². The molecule has 0 aliphatic heterocycles.